The summed E-state index contributed by atoms with van der Waals surface area (Å²) >= 11 is 0. The maximum Gasteiger partial charge on any atom is 0.412 e. The SMILES string of the molecule is Cn1cc(NC(=O)OC2CCC2)c(C(=O)O)n1. The molecule has 0 atom stereocenters. The number of carbonyl (C=O) groups excluding carboxylic acids is 1. The molecule has 1 aliphatic rings. The summed E-state index contributed by atoms with van der Waals surface area (Å²) in [5.41, 5.74) is -0.0533. The summed E-state index contributed by atoms with van der Waals surface area (Å²) < 4.78 is 6.38. The highest BCUT2D eigenvalue weighted by Crippen LogP contribution is 2.22. The number of aryl methyl sites for hydroxylation is 1. The first-order valence-electron chi connectivity index (χ1n) is 5.31. The fourth-order valence-electron chi connectivity index (χ4n) is 1.52. The molecule has 1 aromatic heterocycles. The standard InChI is InChI=1S/C10H13N3O4/c1-13-5-7(8(12-13)9(14)15)11-10(16)17-6-3-2-4-6/h5-6H,2-4H2,1H3,(H,11,16)(H,14,15). The van der Waals surface area contributed by atoms with Crippen LogP contribution in [0.2, 0.25) is 0 Å². The van der Waals surface area contributed by atoms with Gasteiger partial charge in [0.05, 0.1) is 5.69 Å². The predicted octanol–water partition coefficient (Wildman–Crippen LogP) is 1.22. The van der Waals surface area contributed by atoms with Gasteiger partial charge in [0, 0.05) is 13.2 Å². The number of aromatic carboxylic acids is 1. The zero-order valence-electron chi connectivity index (χ0n) is 9.34. The lowest BCUT2D eigenvalue weighted by Crippen LogP contribution is -2.28. The Kier molecular flexibility index (Phi) is 2.99. The Labute approximate surface area is 97.4 Å². The Morgan fingerprint density at radius 1 is 1.59 bits per heavy atom. The first kappa shape index (κ1) is 11.4. The van der Waals surface area contributed by atoms with Gasteiger partial charge in [-0.1, -0.05) is 0 Å². The number of nitrogens with zero attached hydrogens (tertiary/aromatic N) is 2. The van der Waals surface area contributed by atoms with Crippen molar-refractivity contribution in [2.45, 2.75) is 25.4 Å². The van der Waals surface area contributed by atoms with E-state index in [1.165, 1.54) is 10.9 Å². The molecule has 1 aliphatic carbocycles. The second-order valence-corrected chi connectivity index (χ2v) is 3.95. The van der Waals surface area contributed by atoms with E-state index in [0.29, 0.717) is 0 Å². The molecule has 1 fully saturated rings. The topological polar surface area (TPSA) is 93.5 Å². The van der Waals surface area contributed by atoms with Gasteiger partial charge in [0.25, 0.3) is 0 Å². The van der Waals surface area contributed by atoms with E-state index in [1.54, 1.807) is 7.05 Å². The van der Waals surface area contributed by atoms with E-state index in [4.69, 9.17) is 9.84 Å². The molecular weight excluding hydrogens is 226 g/mol. The van der Waals surface area contributed by atoms with E-state index in [1.807, 2.05) is 0 Å². The molecule has 0 unspecified atom stereocenters. The Morgan fingerprint density at radius 2 is 2.29 bits per heavy atom. The van der Waals surface area contributed by atoms with E-state index in [-0.39, 0.29) is 17.5 Å². The lowest BCUT2D eigenvalue weighted by atomic mass is 9.96. The Morgan fingerprint density at radius 3 is 2.82 bits per heavy atom. The van der Waals surface area contributed by atoms with Gasteiger partial charge in [0.2, 0.25) is 0 Å². The molecule has 0 saturated heterocycles. The van der Waals surface area contributed by atoms with Crippen LogP contribution >= 0.6 is 0 Å². The van der Waals surface area contributed by atoms with Crippen LogP contribution in [0.5, 0.6) is 0 Å². The molecular formula is C10H13N3O4. The molecule has 17 heavy (non-hydrogen) atoms. The van der Waals surface area contributed by atoms with Crippen molar-refractivity contribution in [1.29, 1.82) is 0 Å². The number of nitrogens with one attached hydrogen (secondary N) is 1. The molecule has 1 heterocycles. The lowest BCUT2D eigenvalue weighted by Gasteiger charge is -2.24. The van der Waals surface area contributed by atoms with Crippen LogP contribution in [-0.4, -0.2) is 33.1 Å². The van der Waals surface area contributed by atoms with Gasteiger partial charge in [0.1, 0.15) is 6.10 Å². The normalized spacial score (nSPS) is 15.1. The number of carboxylic acid groups (broad SMARTS) is 1. The van der Waals surface area contributed by atoms with Crippen molar-refractivity contribution in [3.05, 3.63) is 11.9 Å². The van der Waals surface area contributed by atoms with Crippen molar-refractivity contribution in [2.24, 2.45) is 7.05 Å². The molecule has 0 radical (unpaired) electrons. The third-order valence-corrected chi connectivity index (χ3v) is 2.59. The zero-order valence-corrected chi connectivity index (χ0v) is 9.34. The molecule has 2 rings (SSSR count). The number of anilines is 1. The summed E-state index contributed by atoms with van der Waals surface area (Å²) in [6.07, 6.45) is 3.54. The molecule has 1 aromatic rings. The molecule has 0 aliphatic heterocycles. The first-order chi connectivity index (χ1) is 8.06. The van der Waals surface area contributed by atoms with Gasteiger partial charge >= 0.3 is 12.1 Å². The number of hydrogen-bond acceptors (Lipinski definition) is 4. The first-order valence-corrected chi connectivity index (χ1v) is 5.31. The Hall–Kier alpha value is -2.05. The summed E-state index contributed by atoms with van der Waals surface area (Å²) in [5.74, 6) is -1.19. The van der Waals surface area contributed by atoms with Crippen LogP contribution in [0.25, 0.3) is 0 Å². The fraction of sp³-hybridized carbons (Fsp3) is 0.500. The highest BCUT2D eigenvalue weighted by Gasteiger charge is 2.23. The molecule has 1 saturated carbocycles. The molecule has 1 amide bonds. The van der Waals surface area contributed by atoms with E-state index in [9.17, 15) is 9.59 Å². The number of hydrogen-bond donors (Lipinski definition) is 2. The maximum atomic E-state index is 11.4. The molecule has 0 aromatic carbocycles. The second kappa shape index (κ2) is 4.44. The van der Waals surface area contributed by atoms with Crippen LogP contribution in [0, 0.1) is 0 Å². The quantitative estimate of drug-likeness (QED) is 0.827. The number of aromatic nitrogens is 2. The van der Waals surface area contributed by atoms with Crippen molar-refractivity contribution >= 4 is 17.7 Å². The van der Waals surface area contributed by atoms with Crippen molar-refractivity contribution < 1.29 is 19.4 Å². The van der Waals surface area contributed by atoms with E-state index in [2.05, 4.69) is 10.4 Å². The average molecular weight is 239 g/mol. The van der Waals surface area contributed by atoms with Crippen molar-refractivity contribution in [3.8, 4) is 0 Å². The van der Waals surface area contributed by atoms with E-state index >= 15 is 0 Å². The number of ether oxygens (including phenoxy) is 1. The molecule has 7 heteroatoms. The van der Waals surface area contributed by atoms with Crippen molar-refractivity contribution in [3.63, 3.8) is 0 Å². The summed E-state index contributed by atoms with van der Waals surface area (Å²) in [4.78, 5) is 22.3. The summed E-state index contributed by atoms with van der Waals surface area (Å²) in [7, 11) is 1.58. The third kappa shape index (κ3) is 2.55. The summed E-state index contributed by atoms with van der Waals surface area (Å²) in [6.45, 7) is 0. The Bertz CT molecular complexity index is 450. The lowest BCUT2D eigenvalue weighted by molar-refractivity contribution is 0.0624. The largest absolute Gasteiger partial charge is 0.476 e. The average Bonchev–Trinajstić information content (AvgIpc) is 2.53. The molecule has 7 nitrogen and oxygen atoms in total. The van der Waals surface area contributed by atoms with Crippen molar-refractivity contribution in [2.75, 3.05) is 5.32 Å². The zero-order chi connectivity index (χ0) is 12.4. The van der Waals surface area contributed by atoms with Crippen LogP contribution < -0.4 is 5.32 Å². The minimum atomic E-state index is -1.19. The van der Waals surface area contributed by atoms with Crippen LogP contribution in [0.4, 0.5) is 10.5 Å². The number of rotatable bonds is 3. The van der Waals surface area contributed by atoms with Gasteiger partial charge in [0.15, 0.2) is 5.69 Å². The van der Waals surface area contributed by atoms with Crippen LogP contribution in [0.1, 0.15) is 29.8 Å². The highest BCUT2D eigenvalue weighted by atomic mass is 16.6. The molecule has 2 N–H and O–H groups in total. The Balaban J connectivity index is 2.01. The van der Waals surface area contributed by atoms with Gasteiger partial charge < -0.3 is 9.84 Å². The van der Waals surface area contributed by atoms with Gasteiger partial charge in [-0.25, -0.2) is 9.59 Å². The maximum absolute atomic E-state index is 11.4. The summed E-state index contributed by atoms with van der Waals surface area (Å²) in [5, 5.41) is 15.0. The van der Waals surface area contributed by atoms with Crippen molar-refractivity contribution in [1.82, 2.24) is 9.78 Å². The minimum Gasteiger partial charge on any atom is -0.476 e. The van der Waals surface area contributed by atoms with Gasteiger partial charge in [-0.15, -0.1) is 0 Å². The van der Waals surface area contributed by atoms with Crippen LogP contribution in [-0.2, 0) is 11.8 Å². The monoisotopic (exact) mass is 239 g/mol. The number of amides is 1. The van der Waals surface area contributed by atoms with Gasteiger partial charge in [-0.3, -0.25) is 10.00 Å². The third-order valence-electron chi connectivity index (χ3n) is 2.59. The number of carbonyl (C=O) groups is 2. The van der Waals surface area contributed by atoms with E-state index < -0.39 is 12.1 Å². The predicted molar refractivity (Wildman–Crippen MR) is 57.9 cm³/mol. The smallest absolute Gasteiger partial charge is 0.412 e. The second-order valence-electron chi connectivity index (χ2n) is 3.95. The molecule has 0 spiro atoms. The highest BCUT2D eigenvalue weighted by molar-refractivity contribution is 5.96. The fourth-order valence-corrected chi connectivity index (χ4v) is 1.52. The van der Waals surface area contributed by atoms with Crippen LogP contribution in [0.15, 0.2) is 6.20 Å². The van der Waals surface area contributed by atoms with Gasteiger partial charge in [-0.05, 0) is 19.3 Å². The number of carboxylic acids is 1. The summed E-state index contributed by atoms with van der Waals surface area (Å²) in [6, 6.07) is 0. The minimum absolute atomic E-state index is 0.0417. The molecule has 0 bridgehead atoms. The van der Waals surface area contributed by atoms with Crippen LogP contribution in [0.3, 0.4) is 0 Å². The van der Waals surface area contributed by atoms with Gasteiger partial charge in [-0.2, -0.15) is 5.10 Å². The van der Waals surface area contributed by atoms with E-state index in [0.717, 1.165) is 19.3 Å². The molecule has 92 valence electrons.